The largest absolute Gasteiger partial charge is 0.337 e. The third-order valence-electron chi connectivity index (χ3n) is 4.09. The maximum absolute atomic E-state index is 13.2. The highest BCUT2D eigenvalue weighted by molar-refractivity contribution is 5.83. The molecule has 1 amide bonds. The molecule has 0 aliphatic carbocycles. The van der Waals surface area contributed by atoms with Crippen LogP contribution in [0.25, 0.3) is 11.4 Å². The molecule has 0 saturated carbocycles. The third-order valence-corrected chi connectivity index (χ3v) is 4.09. The summed E-state index contributed by atoms with van der Waals surface area (Å²) in [5.74, 6) is 0.270. The van der Waals surface area contributed by atoms with Gasteiger partial charge in [-0.3, -0.25) is 14.7 Å². The number of rotatable bonds is 6. The van der Waals surface area contributed by atoms with Crippen LogP contribution >= 0.6 is 0 Å². The van der Waals surface area contributed by atoms with E-state index < -0.39 is 6.04 Å². The molecule has 2 heterocycles. The molecule has 2 aromatic heterocycles. The molecule has 0 radical (unpaired) electrons. The van der Waals surface area contributed by atoms with Crippen molar-refractivity contribution in [1.82, 2.24) is 24.9 Å². The van der Waals surface area contributed by atoms with Gasteiger partial charge in [0, 0.05) is 25.0 Å². The van der Waals surface area contributed by atoms with Crippen LogP contribution in [0.2, 0.25) is 0 Å². The first-order valence-corrected chi connectivity index (χ1v) is 8.35. The number of benzene rings is 1. The fourth-order valence-corrected chi connectivity index (χ4v) is 2.73. The highest BCUT2D eigenvalue weighted by Crippen LogP contribution is 2.22. The summed E-state index contributed by atoms with van der Waals surface area (Å²) >= 11 is 0. The lowest BCUT2D eigenvalue weighted by Gasteiger charge is -2.28. The molecule has 1 atom stereocenters. The number of hydrogen-bond acceptors (Lipinski definition) is 6. The van der Waals surface area contributed by atoms with Crippen molar-refractivity contribution in [2.24, 2.45) is 0 Å². The van der Waals surface area contributed by atoms with Gasteiger partial charge in [-0.15, -0.1) is 0 Å². The van der Waals surface area contributed by atoms with Crippen molar-refractivity contribution in [3.63, 3.8) is 0 Å². The van der Waals surface area contributed by atoms with Gasteiger partial charge < -0.3 is 9.42 Å². The topological polar surface area (TPSA) is 75.4 Å². The maximum Gasteiger partial charge on any atom is 0.246 e. The molecule has 0 aliphatic heterocycles. The minimum absolute atomic E-state index is 0.157. The lowest BCUT2D eigenvalue weighted by Crippen LogP contribution is -2.38. The lowest BCUT2D eigenvalue weighted by molar-refractivity contribution is -0.135. The monoisotopic (exact) mass is 369 g/mol. The highest BCUT2D eigenvalue weighted by atomic mass is 19.1. The van der Waals surface area contributed by atoms with E-state index in [9.17, 15) is 9.18 Å². The highest BCUT2D eigenvalue weighted by Gasteiger charge is 2.27. The smallest absolute Gasteiger partial charge is 0.246 e. The quantitative estimate of drug-likeness (QED) is 0.665. The minimum Gasteiger partial charge on any atom is -0.337 e. The van der Waals surface area contributed by atoms with Gasteiger partial charge in [0.1, 0.15) is 11.9 Å². The number of likely N-dealkylation sites (N-methyl/N-ethyl adjacent to an activating group) is 2. The first-order valence-electron chi connectivity index (χ1n) is 8.35. The van der Waals surface area contributed by atoms with E-state index >= 15 is 0 Å². The Morgan fingerprint density at radius 1 is 1.11 bits per heavy atom. The Kier molecular flexibility index (Phi) is 5.56. The summed E-state index contributed by atoms with van der Waals surface area (Å²) < 4.78 is 18.5. The van der Waals surface area contributed by atoms with Crippen LogP contribution in [0.3, 0.4) is 0 Å². The van der Waals surface area contributed by atoms with Crippen molar-refractivity contribution in [3.8, 4) is 11.4 Å². The molecular weight excluding hydrogens is 349 g/mol. The number of carbonyl (C=O) groups excluding carboxylic acids is 1. The second kappa shape index (κ2) is 8.05. The van der Waals surface area contributed by atoms with Gasteiger partial charge in [0.05, 0.1) is 6.54 Å². The molecule has 140 valence electrons. The Morgan fingerprint density at radius 3 is 2.41 bits per heavy atom. The Morgan fingerprint density at radius 2 is 1.78 bits per heavy atom. The molecule has 7 nitrogen and oxygen atoms in total. The number of aromatic nitrogens is 3. The van der Waals surface area contributed by atoms with Gasteiger partial charge in [-0.25, -0.2) is 4.39 Å². The molecule has 8 heteroatoms. The number of pyridine rings is 1. The van der Waals surface area contributed by atoms with Crippen molar-refractivity contribution < 1.29 is 13.7 Å². The normalized spacial score (nSPS) is 12.2. The maximum atomic E-state index is 13.2. The molecule has 3 rings (SSSR count). The Labute approximate surface area is 156 Å². The number of halogens is 1. The second-order valence-corrected chi connectivity index (χ2v) is 6.36. The lowest BCUT2D eigenvalue weighted by atomic mass is 10.0. The van der Waals surface area contributed by atoms with Gasteiger partial charge in [0.2, 0.25) is 17.6 Å². The molecule has 27 heavy (non-hydrogen) atoms. The molecule has 1 aromatic carbocycles. The molecule has 1 unspecified atom stereocenters. The van der Waals surface area contributed by atoms with Gasteiger partial charge in [0.25, 0.3) is 0 Å². The average molecular weight is 369 g/mol. The second-order valence-electron chi connectivity index (χ2n) is 6.36. The Bertz CT molecular complexity index is 896. The summed E-state index contributed by atoms with van der Waals surface area (Å²) in [6.45, 7) is 0.169. The third kappa shape index (κ3) is 4.35. The number of amides is 1. The van der Waals surface area contributed by atoms with Crippen molar-refractivity contribution in [2.75, 3.05) is 21.1 Å². The van der Waals surface area contributed by atoms with Crippen LogP contribution in [-0.4, -0.2) is 52.0 Å². The van der Waals surface area contributed by atoms with Crippen molar-refractivity contribution in [2.45, 2.75) is 12.6 Å². The van der Waals surface area contributed by atoms with Gasteiger partial charge in [-0.05, 0) is 43.9 Å². The van der Waals surface area contributed by atoms with Crippen molar-refractivity contribution >= 4 is 5.91 Å². The van der Waals surface area contributed by atoms with Crippen LogP contribution in [0.1, 0.15) is 17.5 Å². The summed E-state index contributed by atoms with van der Waals surface area (Å²) in [5, 5.41) is 3.94. The van der Waals surface area contributed by atoms with Crippen LogP contribution in [0.5, 0.6) is 0 Å². The van der Waals surface area contributed by atoms with Gasteiger partial charge in [0.15, 0.2) is 0 Å². The first kappa shape index (κ1) is 18.7. The van der Waals surface area contributed by atoms with Crippen LogP contribution in [0.15, 0.2) is 53.3 Å². The summed E-state index contributed by atoms with van der Waals surface area (Å²) in [6.07, 6.45) is 3.29. The number of hydrogen-bond donors (Lipinski definition) is 0. The van der Waals surface area contributed by atoms with Gasteiger partial charge >= 0.3 is 0 Å². The molecule has 0 bridgehead atoms. The number of nitrogens with zero attached hydrogens (tertiary/aromatic N) is 5. The van der Waals surface area contributed by atoms with E-state index in [2.05, 4.69) is 15.1 Å². The van der Waals surface area contributed by atoms with E-state index in [0.717, 1.165) is 5.56 Å². The van der Waals surface area contributed by atoms with Crippen molar-refractivity contribution in [3.05, 3.63) is 66.1 Å². The van der Waals surface area contributed by atoms with E-state index in [1.165, 1.54) is 17.0 Å². The van der Waals surface area contributed by atoms with Crippen LogP contribution in [0, 0.1) is 5.82 Å². The molecule has 0 aliphatic rings. The minimum atomic E-state index is -0.543. The zero-order valence-electron chi connectivity index (χ0n) is 15.3. The predicted octanol–water partition coefficient (Wildman–Crippen LogP) is 2.53. The fourth-order valence-electron chi connectivity index (χ4n) is 2.73. The van der Waals surface area contributed by atoms with Gasteiger partial charge in [-0.2, -0.15) is 4.98 Å². The van der Waals surface area contributed by atoms with Crippen LogP contribution in [0.4, 0.5) is 4.39 Å². The molecule has 3 aromatic rings. The van der Waals surface area contributed by atoms with E-state index in [1.807, 2.05) is 0 Å². The summed E-state index contributed by atoms with van der Waals surface area (Å²) in [5.41, 5.74) is 1.49. The molecule has 0 saturated heterocycles. The predicted molar refractivity (Wildman–Crippen MR) is 96.8 cm³/mol. The van der Waals surface area contributed by atoms with Crippen LogP contribution in [-0.2, 0) is 11.3 Å². The summed E-state index contributed by atoms with van der Waals surface area (Å²) in [4.78, 5) is 24.5. The average Bonchev–Trinajstić information content (AvgIpc) is 3.12. The summed E-state index contributed by atoms with van der Waals surface area (Å²) in [7, 11) is 5.26. The Balaban J connectivity index is 1.74. The number of carbonyl (C=O) groups is 1. The van der Waals surface area contributed by atoms with E-state index in [0.29, 0.717) is 17.3 Å². The van der Waals surface area contributed by atoms with Crippen molar-refractivity contribution in [1.29, 1.82) is 0 Å². The molecule has 0 fully saturated rings. The van der Waals surface area contributed by atoms with Crippen LogP contribution < -0.4 is 0 Å². The van der Waals surface area contributed by atoms with E-state index in [1.54, 1.807) is 62.7 Å². The van der Waals surface area contributed by atoms with Gasteiger partial charge in [-0.1, -0.05) is 17.3 Å². The van der Waals surface area contributed by atoms with E-state index in [-0.39, 0.29) is 18.3 Å². The van der Waals surface area contributed by atoms with E-state index in [4.69, 9.17) is 4.52 Å². The molecule has 0 spiro atoms. The fraction of sp³-hybridized carbons (Fsp3) is 0.263. The standard InChI is InChI=1S/C19H20FN5O2/c1-24(2)17(13-4-6-15(20)7-5-13)19(26)25(3)12-16-22-18(23-27-16)14-8-10-21-11-9-14/h4-11,17H,12H2,1-3H3. The zero-order valence-corrected chi connectivity index (χ0v) is 15.3. The summed E-state index contributed by atoms with van der Waals surface area (Å²) in [6, 6.07) is 8.93. The Hall–Kier alpha value is -3.13. The first-order chi connectivity index (χ1) is 13.0. The molecular formula is C19H20FN5O2. The SMILES string of the molecule is CN(Cc1nc(-c2ccncc2)no1)C(=O)C(c1ccc(F)cc1)N(C)C. The molecule has 0 N–H and O–H groups in total. The zero-order chi connectivity index (χ0) is 19.4.